The first kappa shape index (κ1) is 24.3. The highest BCUT2D eigenvalue weighted by molar-refractivity contribution is 5.27. The summed E-state index contributed by atoms with van der Waals surface area (Å²) in [6, 6.07) is 19.7. The quantitative estimate of drug-likeness (QED) is 0.264. The van der Waals surface area contributed by atoms with Gasteiger partial charge in [0.25, 0.3) is 0 Å². The average Bonchev–Trinajstić information content (AvgIpc) is 3.45. The second-order valence-electron chi connectivity index (χ2n) is 9.42. The van der Waals surface area contributed by atoms with Crippen LogP contribution in [0.25, 0.3) is 0 Å². The van der Waals surface area contributed by atoms with Gasteiger partial charge in [-0.15, -0.1) is 0 Å². The number of aryl methyl sites for hydroxylation is 1. The molecule has 4 aromatic rings. The molecule has 5 rings (SSSR count). The number of nitrogens with one attached hydrogen (secondary N) is 3. The molecule has 0 aliphatic heterocycles. The van der Waals surface area contributed by atoms with Gasteiger partial charge in [0.1, 0.15) is 0 Å². The van der Waals surface area contributed by atoms with E-state index in [-0.39, 0.29) is 0 Å². The first-order valence-electron chi connectivity index (χ1n) is 12.9. The van der Waals surface area contributed by atoms with Gasteiger partial charge in [-0.25, -0.2) is 4.98 Å². The Kier molecular flexibility index (Phi) is 8.46. The fourth-order valence-electron chi connectivity index (χ4n) is 4.95. The zero-order valence-electron chi connectivity index (χ0n) is 20.7. The lowest BCUT2D eigenvalue weighted by Crippen LogP contribution is -2.36. The molecule has 1 unspecified atom stereocenters. The Labute approximate surface area is 213 Å². The van der Waals surface area contributed by atoms with Gasteiger partial charge in [0, 0.05) is 63.6 Å². The summed E-state index contributed by atoms with van der Waals surface area (Å²) in [7, 11) is 0. The highest BCUT2D eigenvalue weighted by Crippen LogP contribution is 2.33. The maximum absolute atomic E-state index is 4.82. The molecule has 1 aliphatic rings. The predicted molar refractivity (Wildman–Crippen MR) is 142 cm³/mol. The maximum Gasteiger partial charge on any atom is 0.0922 e. The van der Waals surface area contributed by atoms with Crippen molar-refractivity contribution in [3.05, 3.63) is 113 Å². The van der Waals surface area contributed by atoms with Crippen LogP contribution in [0.3, 0.4) is 0 Å². The van der Waals surface area contributed by atoms with E-state index in [9.17, 15) is 0 Å². The maximum atomic E-state index is 4.82. The van der Waals surface area contributed by atoms with E-state index in [0.717, 1.165) is 63.5 Å². The third kappa shape index (κ3) is 6.63. The fraction of sp³-hybridized carbons (Fsp3) is 0.345. The Hall–Kier alpha value is -3.39. The minimum absolute atomic E-state index is 0.351. The molecule has 0 amide bonds. The zero-order chi connectivity index (χ0) is 24.4. The van der Waals surface area contributed by atoms with Crippen LogP contribution in [-0.4, -0.2) is 37.9 Å². The van der Waals surface area contributed by atoms with E-state index in [0.29, 0.717) is 6.04 Å². The third-order valence-corrected chi connectivity index (χ3v) is 6.82. The van der Waals surface area contributed by atoms with E-state index < -0.39 is 0 Å². The second kappa shape index (κ2) is 12.5. The van der Waals surface area contributed by atoms with Crippen molar-refractivity contribution in [3.63, 3.8) is 0 Å². The largest absolute Gasteiger partial charge is 0.347 e. The summed E-state index contributed by atoms with van der Waals surface area (Å²) in [5.41, 5.74) is 7.45. The molecular formula is C29H35N7. The lowest BCUT2D eigenvalue weighted by atomic mass is 9.90. The summed E-state index contributed by atoms with van der Waals surface area (Å²) in [6.07, 6.45) is 10.9. The molecule has 7 nitrogen and oxygen atoms in total. The minimum Gasteiger partial charge on any atom is -0.347 e. The van der Waals surface area contributed by atoms with Crippen LogP contribution < -0.4 is 10.6 Å². The van der Waals surface area contributed by atoms with Crippen LogP contribution in [0.15, 0.2) is 79.5 Å². The number of fused-ring (bicyclic) bond motifs is 1. The Morgan fingerprint density at radius 1 is 0.889 bits per heavy atom. The Morgan fingerprint density at radius 3 is 2.61 bits per heavy atom. The van der Waals surface area contributed by atoms with E-state index >= 15 is 0 Å². The number of benzene rings is 1. The monoisotopic (exact) mass is 481 g/mol. The van der Waals surface area contributed by atoms with E-state index in [4.69, 9.17) is 4.98 Å². The number of pyridine rings is 2. The molecule has 0 spiro atoms. The van der Waals surface area contributed by atoms with Crippen molar-refractivity contribution in [1.82, 2.24) is 35.5 Å². The molecule has 3 aromatic heterocycles. The van der Waals surface area contributed by atoms with Crippen LogP contribution in [-0.2, 0) is 32.6 Å². The Bertz CT molecular complexity index is 1180. The first-order valence-corrected chi connectivity index (χ1v) is 12.9. The summed E-state index contributed by atoms with van der Waals surface area (Å²) < 4.78 is 0. The highest BCUT2D eigenvalue weighted by atomic mass is 15.2. The fourth-order valence-corrected chi connectivity index (χ4v) is 4.95. The number of nitrogens with zero attached hydrogens (tertiary/aromatic N) is 4. The van der Waals surface area contributed by atoms with E-state index in [2.05, 4.69) is 66.9 Å². The van der Waals surface area contributed by atoms with Crippen molar-refractivity contribution >= 4 is 0 Å². The number of rotatable bonds is 12. The van der Waals surface area contributed by atoms with Gasteiger partial charge in [-0.3, -0.25) is 14.9 Å². The van der Waals surface area contributed by atoms with Gasteiger partial charge in [0.05, 0.1) is 23.8 Å². The highest BCUT2D eigenvalue weighted by Gasteiger charge is 2.27. The molecule has 7 heteroatoms. The normalized spacial score (nSPS) is 15.2. The van der Waals surface area contributed by atoms with E-state index in [1.807, 2.05) is 36.8 Å². The van der Waals surface area contributed by atoms with E-state index in [1.54, 1.807) is 6.33 Å². The number of imidazole rings is 1. The van der Waals surface area contributed by atoms with Crippen molar-refractivity contribution in [3.8, 4) is 0 Å². The molecule has 0 radical (unpaired) electrons. The summed E-state index contributed by atoms with van der Waals surface area (Å²) in [5.74, 6) is 0. The predicted octanol–water partition coefficient (Wildman–Crippen LogP) is 4.16. The first-order chi connectivity index (χ1) is 17.8. The lowest BCUT2D eigenvalue weighted by molar-refractivity contribution is 0.166. The summed E-state index contributed by atoms with van der Waals surface area (Å²) in [5, 5.41) is 7.06. The average molecular weight is 482 g/mol. The Balaban J connectivity index is 1.21. The SMILES string of the molecule is c1ccc(CNCc2ccc(CN(CCNCc3cnc[nH]3)C3CCCc4cccnc43)cc2)nc1. The molecule has 186 valence electrons. The van der Waals surface area contributed by atoms with Gasteiger partial charge in [0.15, 0.2) is 0 Å². The number of aromatic amines is 1. The minimum atomic E-state index is 0.351. The lowest BCUT2D eigenvalue weighted by Gasteiger charge is -2.35. The van der Waals surface area contributed by atoms with Gasteiger partial charge in [-0.2, -0.15) is 0 Å². The van der Waals surface area contributed by atoms with Gasteiger partial charge in [-0.05, 0) is 54.2 Å². The number of hydrogen-bond donors (Lipinski definition) is 3. The van der Waals surface area contributed by atoms with Gasteiger partial charge in [-0.1, -0.05) is 36.4 Å². The van der Waals surface area contributed by atoms with Crippen molar-refractivity contribution in [2.75, 3.05) is 13.1 Å². The van der Waals surface area contributed by atoms with Gasteiger partial charge < -0.3 is 15.6 Å². The van der Waals surface area contributed by atoms with Gasteiger partial charge in [0.2, 0.25) is 0 Å². The topological polar surface area (TPSA) is 81.8 Å². The van der Waals surface area contributed by atoms with Crippen molar-refractivity contribution < 1.29 is 0 Å². The zero-order valence-corrected chi connectivity index (χ0v) is 20.7. The number of H-pyrrole nitrogens is 1. The summed E-state index contributed by atoms with van der Waals surface area (Å²) >= 11 is 0. The molecule has 3 heterocycles. The van der Waals surface area contributed by atoms with Crippen molar-refractivity contribution in [2.45, 2.75) is 51.5 Å². The van der Waals surface area contributed by atoms with Crippen LogP contribution in [0.4, 0.5) is 0 Å². The molecule has 1 aliphatic carbocycles. The molecule has 0 fully saturated rings. The molecular weight excluding hydrogens is 446 g/mol. The van der Waals surface area contributed by atoms with Crippen LogP contribution in [0, 0.1) is 0 Å². The van der Waals surface area contributed by atoms with Crippen molar-refractivity contribution in [2.24, 2.45) is 0 Å². The van der Waals surface area contributed by atoms with Crippen LogP contribution in [0.2, 0.25) is 0 Å². The summed E-state index contributed by atoms with van der Waals surface area (Å²) in [6.45, 7) is 5.19. The van der Waals surface area contributed by atoms with E-state index in [1.165, 1.54) is 28.8 Å². The molecule has 36 heavy (non-hydrogen) atoms. The molecule has 1 aromatic carbocycles. The number of hydrogen-bond acceptors (Lipinski definition) is 6. The Morgan fingerprint density at radius 2 is 1.78 bits per heavy atom. The molecule has 3 N–H and O–H groups in total. The van der Waals surface area contributed by atoms with Crippen LogP contribution in [0.1, 0.15) is 52.7 Å². The molecule has 1 atom stereocenters. The smallest absolute Gasteiger partial charge is 0.0922 e. The van der Waals surface area contributed by atoms with Gasteiger partial charge >= 0.3 is 0 Å². The van der Waals surface area contributed by atoms with Crippen molar-refractivity contribution in [1.29, 1.82) is 0 Å². The second-order valence-corrected chi connectivity index (χ2v) is 9.42. The molecule has 0 saturated carbocycles. The molecule has 0 bridgehead atoms. The number of aromatic nitrogens is 4. The summed E-state index contributed by atoms with van der Waals surface area (Å²) in [4.78, 5) is 19.1. The molecule has 0 saturated heterocycles. The van der Waals surface area contributed by atoms with Crippen LogP contribution >= 0.6 is 0 Å². The standard InChI is InChI=1S/C29H35N7/c1-2-13-33-26(7-1)18-31-17-23-9-11-24(12-10-23)21-36(16-15-30-19-27-20-32-22-35-27)28-8-3-5-25-6-4-14-34-29(25)28/h1-2,4,6-7,9-14,20,22,28,30-31H,3,5,8,15-19,21H2,(H,32,35). The van der Waals surface area contributed by atoms with Crippen LogP contribution in [0.5, 0.6) is 0 Å². The third-order valence-electron chi connectivity index (χ3n) is 6.82.